The highest BCUT2D eigenvalue weighted by atomic mass is 35.5. The molecule has 0 spiro atoms. The van der Waals surface area contributed by atoms with E-state index in [1.807, 2.05) is 13.8 Å². The number of non-ortho nitro benzene ring substituents is 1. The minimum Gasteiger partial charge on any atom is -0.353 e. The molecule has 1 heterocycles. The number of nitrogens with zero attached hydrogens (tertiary/aromatic N) is 2. The summed E-state index contributed by atoms with van der Waals surface area (Å²) >= 11 is 5.80. The summed E-state index contributed by atoms with van der Waals surface area (Å²) in [6.45, 7) is 4.06. The predicted octanol–water partition coefficient (Wildman–Crippen LogP) is 3.15. The molecule has 6 nitrogen and oxygen atoms in total. The van der Waals surface area contributed by atoms with Crippen LogP contribution in [0, 0.1) is 16.0 Å². The van der Waals surface area contributed by atoms with E-state index in [-0.39, 0.29) is 11.7 Å². The summed E-state index contributed by atoms with van der Waals surface area (Å²) < 4.78 is 0. The van der Waals surface area contributed by atoms with E-state index in [2.05, 4.69) is 15.3 Å². The Hall–Kier alpha value is -1.82. The van der Waals surface area contributed by atoms with E-state index in [1.54, 1.807) is 6.07 Å². The summed E-state index contributed by atoms with van der Waals surface area (Å²) in [6, 6.07) is 4.71. The number of halogens is 1. The van der Waals surface area contributed by atoms with Crippen molar-refractivity contribution in [1.29, 1.82) is 0 Å². The standard InChI is InChI=1S/C12H15ClN4O2/c1-7(6-13)8(2)14-12-15-10-4-3-9(17(18)19)5-11(10)16-12/h3-5,7-8H,6H2,1-2H3,(H2,14,15,16). The zero-order valence-electron chi connectivity index (χ0n) is 10.7. The van der Waals surface area contributed by atoms with Crippen molar-refractivity contribution in [2.24, 2.45) is 5.92 Å². The molecule has 102 valence electrons. The Balaban J connectivity index is 2.24. The highest BCUT2D eigenvalue weighted by molar-refractivity contribution is 6.18. The number of benzene rings is 1. The van der Waals surface area contributed by atoms with Crippen LogP contribution in [-0.4, -0.2) is 26.8 Å². The molecule has 0 fully saturated rings. The molecule has 2 aromatic rings. The maximum absolute atomic E-state index is 10.7. The smallest absolute Gasteiger partial charge is 0.271 e. The van der Waals surface area contributed by atoms with Crippen LogP contribution < -0.4 is 5.32 Å². The molecule has 0 aliphatic rings. The van der Waals surface area contributed by atoms with Crippen LogP contribution in [0.1, 0.15) is 13.8 Å². The molecule has 19 heavy (non-hydrogen) atoms. The third-order valence-electron chi connectivity index (χ3n) is 3.14. The molecule has 1 aromatic carbocycles. The van der Waals surface area contributed by atoms with Gasteiger partial charge in [0, 0.05) is 24.1 Å². The van der Waals surface area contributed by atoms with E-state index in [0.29, 0.717) is 28.8 Å². The second-order valence-electron chi connectivity index (χ2n) is 4.61. The quantitative estimate of drug-likeness (QED) is 0.501. The van der Waals surface area contributed by atoms with Crippen molar-refractivity contribution in [3.63, 3.8) is 0 Å². The number of aromatic amines is 1. The number of alkyl halides is 1. The van der Waals surface area contributed by atoms with Gasteiger partial charge in [0.05, 0.1) is 16.0 Å². The molecule has 2 unspecified atom stereocenters. The SMILES string of the molecule is CC(CCl)C(C)Nc1nc2ccc([N+](=O)[O-])cc2[nH]1. The first-order valence-corrected chi connectivity index (χ1v) is 6.51. The summed E-state index contributed by atoms with van der Waals surface area (Å²) in [5, 5.41) is 13.9. The lowest BCUT2D eigenvalue weighted by atomic mass is 10.1. The molecule has 0 bridgehead atoms. The summed E-state index contributed by atoms with van der Waals surface area (Å²) in [4.78, 5) is 17.6. The van der Waals surface area contributed by atoms with Crippen LogP contribution in [0.4, 0.5) is 11.6 Å². The molecule has 0 radical (unpaired) electrons. The molecule has 2 atom stereocenters. The van der Waals surface area contributed by atoms with Crippen molar-refractivity contribution in [2.45, 2.75) is 19.9 Å². The number of H-pyrrole nitrogens is 1. The van der Waals surface area contributed by atoms with Crippen LogP contribution in [0.2, 0.25) is 0 Å². The predicted molar refractivity (Wildman–Crippen MR) is 75.7 cm³/mol. The minimum atomic E-state index is -0.425. The van der Waals surface area contributed by atoms with Gasteiger partial charge in [0.1, 0.15) is 0 Å². The average molecular weight is 283 g/mol. The first-order chi connectivity index (χ1) is 9.01. The van der Waals surface area contributed by atoms with Crippen LogP contribution in [-0.2, 0) is 0 Å². The van der Waals surface area contributed by atoms with Gasteiger partial charge in [0.25, 0.3) is 5.69 Å². The monoisotopic (exact) mass is 282 g/mol. The van der Waals surface area contributed by atoms with E-state index in [9.17, 15) is 10.1 Å². The topological polar surface area (TPSA) is 83.8 Å². The first-order valence-electron chi connectivity index (χ1n) is 5.98. The van der Waals surface area contributed by atoms with Gasteiger partial charge in [-0.2, -0.15) is 0 Å². The van der Waals surface area contributed by atoms with Gasteiger partial charge in [-0.3, -0.25) is 10.1 Å². The third-order valence-corrected chi connectivity index (χ3v) is 3.62. The van der Waals surface area contributed by atoms with Gasteiger partial charge in [0.2, 0.25) is 5.95 Å². The Bertz CT molecular complexity index is 598. The normalized spacial score (nSPS) is 14.3. The van der Waals surface area contributed by atoms with Gasteiger partial charge in [-0.25, -0.2) is 4.98 Å². The molecule has 0 aliphatic carbocycles. The second-order valence-corrected chi connectivity index (χ2v) is 4.92. The number of fused-ring (bicyclic) bond motifs is 1. The number of imidazole rings is 1. The number of rotatable bonds is 5. The molecule has 2 rings (SSSR count). The van der Waals surface area contributed by atoms with Gasteiger partial charge >= 0.3 is 0 Å². The van der Waals surface area contributed by atoms with Crippen LogP contribution in [0.3, 0.4) is 0 Å². The van der Waals surface area contributed by atoms with Gasteiger partial charge < -0.3 is 10.3 Å². The molecule has 7 heteroatoms. The molecule has 0 amide bonds. The van der Waals surface area contributed by atoms with Crippen molar-refractivity contribution in [3.8, 4) is 0 Å². The number of nitro benzene ring substituents is 1. The maximum Gasteiger partial charge on any atom is 0.271 e. The van der Waals surface area contributed by atoms with E-state index in [0.717, 1.165) is 0 Å². The Morgan fingerprint density at radius 2 is 2.26 bits per heavy atom. The van der Waals surface area contributed by atoms with Crippen molar-refractivity contribution in [2.75, 3.05) is 11.2 Å². The molecule has 0 saturated carbocycles. The first kappa shape index (κ1) is 13.6. The van der Waals surface area contributed by atoms with Crippen molar-refractivity contribution >= 4 is 34.3 Å². The molecular formula is C12H15ClN4O2. The summed E-state index contributed by atoms with van der Waals surface area (Å²) in [5.74, 6) is 1.45. The van der Waals surface area contributed by atoms with E-state index >= 15 is 0 Å². The molecule has 0 saturated heterocycles. The van der Waals surface area contributed by atoms with Crippen LogP contribution in [0.15, 0.2) is 18.2 Å². The number of nitro groups is 1. The fraction of sp³-hybridized carbons (Fsp3) is 0.417. The number of hydrogen-bond acceptors (Lipinski definition) is 4. The van der Waals surface area contributed by atoms with Gasteiger partial charge in [-0.1, -0.05) is 6.92 Å². The van der Waals surface area contributed by atoms with Crippen LogP contribution >= 0.6 is 11.6 Å². The van der Waals surface area contributed by atoms with Crippen molar-refractivity contribution < 1.29 is 4.92 Å². The summed E-state index contributed by atoms with van der Waals surface area (Å²) in [5.41, 5.74) is 1.38. The van der Waals surface area contributed by atoms with Gasteiger partial charge in [-0.05, 0) is 18.9 Å². The maximum atomic E-state index is 10.7. The molecule has 1 aromatic heterocycles. The largest absolute Gasteiger partial charge is 0.353 e. The Morgan fingerprint density at radius 3 is 2.89 bits per heavy atom. The third kappa shape index (κ3) is 2.96. The van der Waals surface area contributed by atoms with Crippen LogP contribution in [0.25, 0.3) is 11.0 Å². The highest BCUT2D eigenvalue weighted by Gasteiger charge is 2.14. The average Bonchev–Trinajstić information content (AvgIpc) is 2.78. The lowest BCUT2D eigenvalue weighted by molar-refractivity contribution is -0.384. The zero-order chi connectivity index (χ0) is 14.0. The lowest BCUT2D eigenvalue weighted by Crippen LogP contribution is -2.25. The summed E-state index contributed by atoms with van der Waals surface area (Å²) in [6.07, 6.45) is 0. The van der Waals surface area contributed by atoms with E-state index in [1.165, 1.54) is 12.1 Å². The van der Waals surface area contributed by atoms with E-state index < -0.39 is 4.92 Å². The highest BCUT2D eigenvalue weighted by Crippen LogP contribution is 2.21. The lowest BCUT2D eigenvalue weighted by Gasteiger charge is -2.18. The van der Waals surface area contributed by atoms with Crippen molar-refractivity contribution in [3.05, 3.63) is 28.3 Å². The number of anilines is 1. The summed E-state index contributed by atoms with van der Waals surface area (Å²) in [7, 11) is 0. The van der Waals surface area contributed by atoms with E-state index in [4.69, 9.17) is 11.6 Å². The van der Waals surface area contributed by atoms with Gasteiger partial charge in [0.15, 0.2) is 0 Å². The molecule has 0 aliphatic heterocycles. The Kier molecular flexibility index (Phi) is 3.90. The Morgan fingerprint density at radius 1 is 1.53 bits per heavy atom. The number of nitrogens with one attached hydrogen (secondary N) is 2. The number of hydrogen-bond donors (Lipinski definition) is 2. The minimum absolute atomic E-state index is 0.0462. The fourth-order valence-electron chi connectivity index (χ4n) is 1.67. The molecule has 2 N–H and O–H groups in total. The fourth-order valence-corrected chi connectivity index (χ4v) is 1.94. The number of aromatic nitrogens is 2. The zero-order valence-corrected chi connectivity index (χ0v) is 11.4. The molecular weight excluding hydrogens is 268 g/mol. The second kappa shape index (κ2) is 5.44. The van der Waals surface area contributed by atoms with Crippen molar-refractivity contribution in [1.82, 2.24) is 9.97 Å². The Labute approximate surface area is 115 Å². The van der Waals surface area contributed by atoms with Gasteiger partial charge in [-0.15, -0.1) is 11.6 Å². The van der Waals surface area contributed by atoms with Crippen LogP contribution in [0.5, 0.6) is 0 Å².